The smallest absolute Gasteiger partial charge is 0.123 e. The van der Waals surface area contributed by atoms with Gasteiger partial charge in [0, 0.05) is 11.5 Å². The average molecular weight is 256 g/mol. The highest BCUT2D eigenvalue weighted by Crippen LogP contribution is 2.37. The van der Waals surface area contributed by atoms with Crippen molar-refractivity contribution in [2.24, 2.45) is 0 Å². The molecule has 0 radical (unpaired) electrons. The number of hydrogen-bond donors (Lipinski definition) is 0. The Morgan fingerprint density at radius 1 is 1.21 bits per heavy atom. The van der Waals surface area contributed by atoms with Crippen LogP contribution in [0.2, 0.25) is 0 Å². The van der Waals surface area contributed by atoms with Crippen molar-refractivity contribution >= 4 is 0 Å². The van der Waals surface area contributed by atoms with Gasteiger partial charge in [-0.3, -0.25) is 0 Å². The molecule has 0 bridgehead atoms. The molecule has 1 aliphatic rings. The van der Waals surface area contributed by atoms with Gasteiger partial charge in [-0.1, -0.05) is 43.4 Å². The van der Waals surface area contributed by atoms with Crippen LogP contribution in [0.15, 0.2) is 48.1 Å². The number of hydrogen-bond acceptors (Lipinski definition) is 1. The fourth-order valence-corrected chi connectivity index (χ4v) is 2.56. The predicted octanol–water partition coefficient (Wildman–Crippen LogP) is 5.24. The first-order valence-electron chi connectivity index (χ1n) is 7.16. The molecule has 0 spiro atoms. The SMILES string of the molecule is CCC(C1=CCC=C1)c1ccccc1OC(C)(C)C. The van der Waals surface area contributed by atoms with E-state index in [0.717, 1.165) is 18.6 Å². The Kier molecular flexibility index (Phi) is 4.14. The van der Waals surface area contributed by atoms with Crippen molar-refractivity contribution in [1.82, 2.24) is 0 Å². The Morgan fingerprint density at radius 2 is 1.95 bits per heavy atom. The van der Waals surface area contributed by atoms with Crippen molar-refractivity contribution in [2.45, 2.75) is 52.1 Å². The molecule has 1 heteroatoms. The molecule has 102 valence electrons. The lowest BCUT2D eigenvalue weighted by atomic mass is 9.88. The van der Waals surface area contributed by atoms with Gasteiger partial charge in [0.15, 0.2) is 0 Å². The van der Waals surface area contributed by atoms with Gasteiger partial charge in [0.25, 0.3) is 0 Å². The summed E-state index contributed by atoms with van der Waals surface area (Å²) in [5.41, 5.74) is 2.57. The number of benzene rings is 1. The monoisotopic (exact) mass is 256 g/mol. The van der Waals surface area contributed by atoms with Crippen LogP contribution in [0, 0.1) is 0 Å². The van der Waals surface area contributed by atoms with Gasteiger partial charge in [0.1, 0.15) is 11.4 Å². The maximum atomic E-state index is 6.12. The third-order valence-electron chi connectivity index (χ3n) is 3.32. The summed E-state index contributed by atoms with van der Waals surface area (Å²) >= 11 is 0. The second-order valence-corrected chi connectivity index (χ2v) is 6.06. The Bertz CT molecular complexity index is 489. The van der Waals surface area contributed by atoms with E-state index in [2.05, 4.69) is 70.2 Å². The molecular weight excluding hydrogens is 232 g/mol. The molecule has 1 nitrogen and oxygen atoms in total. The molecule has 1 aromatic carbocycles. The van der Waals surface area contributed by atoms with Gasteiger partial charge in [-0.2, -0.15) is 0 Å². The molecule has 0 aliphatic heterocycles. The quantitative estimate of drug-likeness (QED) is 0.715. The first-order valence-corrected chi connectivity index (χ1v) is 7.16. The predicted molar refractivity (Wildman–Crippen MR) is 81.7 cm³/mol. The summed E-state index contributed by atoms with van der Waals surface area (Å²) < 4.78 is 6.12. The Morgan fingerprint density at radius 3 is 2.53 bits per heavy atom. The normalized spacial score (nSPS) is 16.3. The van der Waals surface area contributed by atoms with E-state index in [9.17, 15) is 0 Å². The van der Waals surface area contributed by atoms with E-state index in [4.69, 9.17) is 4.74 Å². The maximum absolute atomic E-state index is 6.12. The molecule has 0 N–H and O–H groups in total. The molecule has 0 amide bonds. The van der Waals surface area contributed by atoms with Gasteiger partial charge in [-0.05, 0) is 45.3 Å². The van der Waals surface area contributed by atoms with Crippen LogP contribution in [0.3, 0.4) is 0 Å². The van der Waals surface area contributed by atoms with E-state index in [-0.39, 0.29) is 5.60 Å². The highest BCUT2D eigenvalue weighted by atomic mass is 16.5. The lowest BCUT2D eigenvalue weighted by molar-refractivity contribution is 0.129. The largest absolute Gasteiger partial charge is 0.488 e. The summed E-state index contributed by atoms with van der Waals surface area (Å²) in [4.78, 5) is 0. The van der Waals surface area contributed by atoms with E-state index in [0.29, 0.717) is 5.92 Å². The van der Waals surface area contributed by atoms with Gasteiger partial charge in [-0.15, -0.1) is 0 Å². The number of para-hydroxylation sites is 1. The zero-order valence-corrected chi connectivity index (χ0v) is 12.4. The second-order valence-electron chi connectivity index (χ2n) is 6.06. The third kappa shape index (κ3) is 3.50. The lowest BCUT2D eigenvalue weighted by Gasteiger charge is -2.26. The van der Waals surface area contributed by atoms with E-state index >= 15 is 0 Å². The summed E-state index contributed by atoms with van der Waals surface area (Å²) in [5.74, 6) is 1.46. The molecule has 1 atom stereocenters. The zero-order chi connectivity index (χ0) is 13.9. The molecule has 0 saturated carbocycles. The van der Waals surface area contributed by atoms with Gasteiger partial charge < -0.3 is 4.74 Å². The van der Waals surface area contributed by atoms with E-state index in [1.165, 1.54) is 11.1 Å². The highest BCUT2D eigenvalue weighted by molar-refractivity contribution is 5.45. The minimum atomic E-state index is -0.158. The van der Waals surface area contributed by atoms with Crippen LogP contribution in [-0.4, -0.2) is 5.60 Å². The molecule has 1 aromatic rings. The Balaban J connectivity index is 2.34. The third-order valence-corrected chi connectivity index (χ3v) is 3.32. The highest BCUT2D eigenvalue weighted by Gasteiger charge is 2.21. The van der Waals surface area contributed by atoms with Crippen LogP contribution in [0.1, 0.15) is 52.0 Å². The van der Waals surface area contributed by atoms with Crippen LogP contribution in [0.5, 0.6) is 5.75 Å². The van der Waals surface area contributed by atoms with Gasteiger partial charge >= 0.3 is 0 Å². The van der Waals surface area contributed by atoms with Gasteiger partial charge in [0.05, 0.1) is 0 Å². The van der Waals surface area contributed by atoms with E-state index in [1.54, 1.807) is 0 Å². The van der Waals surface area contributed by atoms with Crippen molar-refractivity contribution in [3.05, 3.63) is 53.6 Å². The fourth-order valence-electron chi connectivity index (χ4n) is 2.56. The zero-order valence-electron chi connectivity index (χ0n) is 12.4. The van der Waals surface area contributed by atoms with Crippen molar-refractivity contribution in [1.29, 1.82) is 0 Å². The van der Waals surface area contributed by atoms with Crippen molar-refractivity contribution in [2.75, 3.05) is 0 Å². The number of ether oxygens (including phenoxy) is 1. The van der Waals surface area contributed by atoms with E-state index < -0.39 is 0 Å². The van der Waals surface area contributed by atoms with Crippen molar-refractivity contribution in [3.8, 4) is 5.75 Å². The first-order chi connectivity index (χ1) is 9.01. The van der Waals surface area contributed by atoms with E-state index in [1.807, 2.05) is 0 Å². The summed E-state index contributed by atoms with van der Waals surface area (Å²) in [6, 6.07) is 8.44. The summed E-state index contributed by atoms with van der Waals surface area (Å²) in [5, 5.41) is 0. The van der Waals surface area contributed by atoms with Crippen LogP contribution in [-0.2, 0) is 0 Å². The molecule has 0 saturated heterocycles. The maximum Gasteiger partial charge on any atom is 0.123 e. The molecule has 0 heterocycles. The molecule has 0 aromatic heterocycles. The fraction of sp³-hybridized carbons (Fsp3) is 0.444. The topological polar surface area (TPSA) is 9.23 Å². The summed E-state index contributed by atoms with van der Waals surface area (Å²) in [6.07, 6.45) is 8.96. The summed E-state index contributed by atoms with van der Waals surface area (Å²) in [6.45, 7) is 8.53. The minimum Gasteiger partial charge on any atom is -0.488 e. The standard InChI is InChI=1S/C18H24O/c1-5-15(14-10-6-7-11-14)16-12-8-9-13-17(16)19-18(2,3)4/h6,8-13,15H,5,7H2,1-4H3. The molecule has 2 rings (SSSR count). The van der Waals surface area contributed by atoms with Crippen LogP contribution >= 0.6 is 0 Å². The molecule has 19 heavy (non-hydrogen) atoms. The number of rotatable bonds is 4. The molecule has 0 fully saturated rings. The van der Waals surface area contributed by atoms with Crippen LogP contribution in [0.4, 0.5) is 0 Å². The van der Waals surface area contributed by atoms with Crippen LogP contribution < -0.4 is 4.74 Å². The first kappa shape index (κ1) is 13.9. The van der Waals surface area contributed by atoms with Gasteiger partial charge in [0.2, 0.25) is 0 Å². The molecular formula is C18H24O. The number of allylic oxidation sites excluding steroid dienone is 4. The van der Waals surface area contributed by atoms with Crippen molar-refractivity contribution in [3.63, 3.8) is 0 Å². The lowest BCUT2D eigenvalue weighted by Crippen LogP contribution is -2.24. The van der Waals surface area contributed by atoms with Crippen LogP contribution in [0.25, 0.3) is 0 Å². The Labute approximate surface area is 117 Å². The molecule has 1 aliphatic carbocycles. The molecule has 1 unspecified atom stereocenters. The minimum absolute atomic E-state index is 0.158. The average Bonchev–Trinajstić information content (AvgIpc) is 2.84. The Hall–Kier alpha value is -1.50. The van der Waals surface area contributed by atoms with Crippen molar-refractivity contribution < 1.29 is 4.74 Å². The summed E-state index contributed by atoms with van der Waals surface area (Å²) in [7, 11) is 0. The second kappa shape index (κ2) is 5.64. The van der Waals surface area contributed by atoms with Gasteiger partial charge in [-0.25, -0.2) is 0 Å².